The summed E-state index contributed by atoms with van der Waals surface area (Å²) >= 11 is 12.1. The number of oxazole rings is 1. The third-order valence-electron chi connectivity index (χ3n) is 4.21. The van der Waals surface area contributed by atoms with Crippen LogP contribution in [-0.4, -0.2) is 17.4 Å². The van der Waals surface area contributed by atoms with Crippen LogP contribution in [0.4, 0.5) is 0 Å². The molecule has 140 valence electrons. The molecule has 1 heterocycles. The number of halogens is 2. The Morgan fingerprint density at radius 2 is 1.89 bits per heavy atom. The molecule has 0 aliphatic rings. The summed E-state index contributed by atoms with van der Waals surface area (Å²) in [7, 11) is 0. The van der Waals surface area contributed by atoms with Crippen molar-refractivity contribution in [2.24, 2.45) is 0 Å². The summed E-state index contributed by atoms with van der Waals surface area (Å²) in [6.45, 7) is 2.54. The van der Waals surface area contributed by atoms with Crippen LogP contribution < -0.4 is 5.32 Å². The molecule has 4 nitrogen and oxygen atoms in total. The summed E-state index contributed by atoms with van der Waals surface area (Å²) in [5.74, 6) is 0.556. The lowest BCUT2D eigenvalue weighted by Crippen LogP contribution is -2.26. The molecule has 0 aliphatic carbocycles. The molecule has 0 saturated carbocycles. The highest BCUT2D eigenvalue weighted by atomic mass is 35.5. The highest BCUT2D eigenvalue weighted by molar-refractivity contribution is 6.42. The minimum Gasteiger partial charge on any atom is -0.444 e. The first-order chi connectivity index (χ1) is 13.0. The number of amides is 1. The maximum Gasteiger partial charge on any atom is 0.226 e. The van der Waals surface area contributed by atoms with Crippen molar-refractivity contribution in [3.05, 3.63) is 75.6 Å². The van der Waals surface area contributed by atoms with E-state index < -0.39 is 0 Å². The Labute approximate surface area is 168 Å². The maximum atomic E-state index is 12.0. The van der Waals surface area contributed by atoms with Crippen molar-refractivity contribution < 1.29 is 9.21 Å². The molecule has 0 aliphatic heterocycles. The Morgan fingerprint density at radius 1 is 1.11 bits per heavy atom. The molecule has 6 heteroatoms. The van der Waals surface area contributed by atoms with Crippen LogP contribution in [0.2, 0.25) is 10.0 Å². The minimum absolute atomic E-state index is 0.0340. The van der Waals surface area contributed by atoms with Crippen molar-refractivity contribution in [3.63, 3.8) is 0 Å². The Kier molecular flexibility index (Phi) is 6.54. The van der Waals surface area contributed by atoms with Crippen molar-refractivity contribution in [1.29, 1.82) is 0 Å². The van der Waals surface area contributed by atoms with Gasteiger partial charge in [-0.25, -0.2) is 4.98 Å². The average Bonchev–Trinajstić information content (AvgIpc) is 3.12. The van der Waals surface area contributed by atoms with Gasteiger partial charge in [0.1, 0.15) is 6.26 Å². The minimum atomic E-state index is -0.0340. The maximum absolute atomic E-state index is 12.0. The van der Waals surface area contributed by atoms with Gasteiger partial charge in [0.25, 0.3) is 0 Å². The van der Waals surface area contributed by atoms with Crippen LogP contribution in [0, 0.1) is 6.92 Å². The SMILES string of the molecule is Cc1ccc(-c2nc(CCNC(=O)CCc3cccc(Cl)c3Cl)co2)cc1. The van der Waals surface area contributed by atoms with Gasteiger partial charge in [-0.1, -0.05) is 53.0 Å². The van der Waals surface area contributed by atoms with Crippen LogP contribution in [-0.2, 0) is 17.6 Å². The lowest BCUT2D eigenvalue weighted by atomic mass is 10.1. The number of benzene rings is 2. The van der Waals surface area contributed by atoms with Crippen LogP contribution in [0.25, 0.3) is 11.5 Å². The molecule has 0 atom stereocenters. The van der Waals surface area contributed by atoms with E-state index in [1.807, 2.05) is 43.3 Å². The fraction of sp³-hybridized carbons (Fsp3) is 0.238. The molecule has 0 spiro atoms. The molecule has 3 aromatic rings. The average molecular weight is 403 g/mol. The zero-order valence-corrected chi connectivity index (χ0v) is 16.5. The normalized spacial score (nSPS) is 10.8. The summed E-state index contributed by atoms with van der Waals surface area (Å²) in [6, 6.07) is 13.4. The second-order valence-corrected chi connectivity index (χ2v) is 7.11. The zero-order chi connectivity index (χ0) is 19.2. The molecule has 1 amide bonds. The molecule has 1 aromatic heterocycles. The van der Waals surface area contributed by atoms with Gasteiger partial charge in [0.2, 0.25) is 11.8 Å². The van der Waals surface area contributed by atoms with E-state index in [0.717, 1.165) is 16.8 Å². The smallest absolute Gasteiger partial charge is 0.226 e. The summed E-state index contributed by atoms with van der Waals surface area (Å²) in [4.78, 5) is 16.5. The monoisotopic (exact) mass is 402 g/mol. The number of hydrogen-bond acceptors (Lipinski definition) is 3. The van der Waals surface area contributed by atoms with Crippen LogP contribution >= 0.6 is 23.2 Å². The number of carbonyl (C=O) groups excluding carboxylic acids is 1. The number of nitrogens with zero attached hydrogens (tertiary/aromatic N) is 1. The molecule has 0 unspecified atom stereocenters. The standard InChI is InChI=1S/C21H20Cl2N2O2/c1-14-5-7-16(8-6-14)21-25-17(13-27-21)11-12-24-19(26)10-9-15-3-2-4-18(22)20(15)23/h2-8,13H,9-12H2,1H3,(H,24,26). The first kappa shape index (κ1) is 19.5. The second-order valence-electron chi connectivity index (χ2n) is 6.32. The Morgan fingerprint density at radius 3 is 2.67 bits per heavy atom. The van der Waals surface area contributed by atoms with E-state index in [1.165, 1.54) is 5.56 Å². The molecule has 0 radical (unpaired) electrons. The van der Waals surface area contributed by atoms with Gasteiger partial charge in [0.15, 0.2) is 0 Å². The molecule has 0 fully saturated rings. The fourth-order valence-corrected chi connectivity index (χ4v) is 3.07. The van der Waals surface area contributed by atoms with Crippen molar-refractivity contribution in [1.82, 2.24) is 10.3 Å². The summed E-state index contributed by atoms with van der Waals surface area (Å²) in [6.07, 6.45) is 3.15. The van der Waals surface area contributed by atoms with Gasteiger partial charge >= 0.3 is 0 Å². The Hall–Kier alpha value is -2.30. The molecule has 3 rings (SSSR count). The van der Waals surface area contributed by atoms with Crippen molar-refractivity contribution in [2.45, 2.75) is 26.2 Å². The summed E-state index contributed by atoms with van der Waals surface area (Å²) < 4.78 is 5.53. The van der Waals surface area contributed by atoms with Gasteiger partial charge in [-0.05, 0) is 37.1 Å². The summed E-state index contributed by atoms with van der Waals surface area (Å²) in [5.41, 5.74) is 3.81. The summed E-state index contributed by atoms with van der Waals surface area (Å²) in [5, 5.41) is 3.91. The van der Waals surface area contributed by atoms with Crippen LogP contribution in [0.3, 0.4) is 0 Å². The van der Waals surface area contributed by atoms with Gasteiger partial charge < -0.3 is 9.73 Å². The van der Waals surface area contributed by atoms with Gasteiger partial charge in [-0.15, -0.1) is 0 Å². The fourth-order valence-electron chi connectivity index (χ4n) is 2.66. The van der Waals surface area contributed by atoms with Gasteiger partial charge in [-0.2, -0.15) is 0 Å². The molecule has 1 N–H and O–H groups in total. The van der Waals surface area contributed by atoms with Crippen LogP contribution in [0.15, 0.2) is 53.1 Å². The Bertz CT molecular complexity index is 920. The molecule has 0 saturated heterocycles. The van der Waals surface area contributed by atoms with E-state index in [9.17, 15) is 4.79 Å². The highest BCUT2D eigenvalue weighted by Gasteiger charge is 2.09. The molecular weight excluding hydrogens is 383 g/mol. The van der Waals surface area contributed by atoms with Crippen molar-refractivity contribution in [3.8, 4) is 11.5 Å². The number of carbonyl (C=O) groups is 1. The second kappa shape index (κ2) is 9.07. The van der Waals surface area contributed by atoms with Gasteiger partial charge in [0.05, 0.1) is 15.7 Å². The molecular formula is C21H20Cl2N2O2. The Balaban J connectivity index is 1.45. The molecule has 0 bridgehead atoms. The number of aromatic nitrogens is 1. The third-order valence-corrected chi connectivity index (χ3v) is 5.06. The number of aryl methyl sites for hydroxylation is 2. The van der Waals surface area contributed by atoms with Gasteiger partial charge in [-0.3, -0.25) is 4.79 Å². The van der Waals surface area contributed by atoms with E-state index in [4.69, 9.17) is 27.6 Å². The first-order valence-corrected chi connectivity index (χ1v) is 9.49. The number of hydrogen-bond donors (Lipinski definition) is 1. The van der Waals surface area contributed by atoms with E-state index in [1.54, 1.807) is 12.3 Å². The van der Waals surface area contributed by atoms with Crippen LogP contribution in [0.5, 0.6) is 0 Å². The largest absolute Gasteiger partial charge is 0.444 e. The van der Waals surface area contributed by atoms with E-state index in [0.29, 0.717) is 41.7 Å². The first-order valence-electron chi connectivity index (χ1n) is 8.74. The van der Waals surface area contributed by atoms with E-state index in [2.05, 4.69) is 10.3 Å². The number of rotatable bonds is 7. The van der Waals surface area contributed by atoms with Crippen molar-refractivity contribution >= 4 is 29.1 Å². The zero-order valence-electron chi connectivity index (χ0n) is 15.0. The predicted octanol–water partition coefficient (Wildman–Crippen LogP) is 5.25. The molecule has 27 heavy (non-hydrogen) atoms. The quantitative estimate of drug-likeness (QED) is 0.586. The lowest BCUT2D eigenvalue weighted by Gasteiger charge is -2.06. The van der Waals surface area contributed by atoms with E-state index in [-0.39, 0.29) is 5.91 Å². The number of nitrogens with one attached hydrogen (secondary N) is 1. The lowest BCUT2D eigenvalue weighted by molar-refractivity contribution is -0.121. The third kappa shape index (κ3) is 5.34. The van der Waals surface area contributed by atoms with Gasteiger partial charge in [0, 0.05) is 24.9 Å². The predicted molar refractivity (Wildman–Crippen MR) is 108 cm³/mol. The van der Waals surface area contributed by atoms with E-state index >= 15 is 0 Å². The van der Waals surface area contributed by atoms with Crippen molar-refractivity contribution in [2.75, 3.05) is 6.54 Å². The molecule has 2 aromatic carbocycles. The topological polar surface area (TPSA) is 55.1 Å². The highest BCUT2D eigenvalue weighted by Crippen LogP contribution is 2.26. The van der Waals surface area contributed by atoms with Crippen LogP contribution in [0.1, 0.15) is 23.2 Å².